The second kappa shape index (κ2) is 9.94. The van der Waals surface area contributed by atoms with Crippen LogP contribution < -0.4 is 15.0 Å². The monoisotopic (exact) mass is 534 g/mol. The molecule has 0 radical (unpaired) electrons. The number of nitrogens with zero attached hydrogens (tertiary/aromatic N) is 1. The standard InChI is InChI=1S/C26H19BrN2O6/c1-34-22-13-15(12-19(27)25(22)35-2)8-11-21(30)24-23(16-6-4-3-5-7-16)18-14-17(29(32)33)9-10-20(18)28-26(24)31/h3-14H,1-2H3,(H,28,31)/b11-8-. The number of hydrogen-bond acceptors (Lipinski definition) is 6. The molecule has 3 aromatic carbocycles. The summed E-state index contributed by atoms with van der Waals surface area (Å²) in [6, 6.07) is 16.4. The van der Waals surface area contributed by atoms with Crippen LogP contribution in [0, 0.1) is 10.1 Å². The van der Waals surface area contributed by atoms with Gasteiger partial charge in [-0.05, 0) is 51.3 Å². The van der Waals surface area contributed by atoms with E-state index >= 15 is 0 Å². The Morgan fingerprint density at radius 2 is 1.80 bits per heavy atom. The molecule has 0 aliphatic carbocycles. The van der Waals surface area contributed by atoms with E-state index < -0.39 is 16.3 Å². The summed E-state index contributed by atoms with van der Waals surface area (Å²) in [7, 11) is 3.02. The molecule has 4 rings (SSSR count). The predicted octanol–water partition coefficient (Wildman–Crippen LogP) is 5.78. The lowest BCUT2D eigenvalue weighted by Crippen LogP contribution is -2.18. The molecule has 176 valence electrons. The molecule has 0 unspecified atom stereocenters. The maximum atomic E-state index is 13.3. The Morgan fingerprint density at radius 3 is 2.46 bits per heavy atom. The van der Waals surface area contributed by atoms with Gasteiger partial charge in [0.1, 0.15) is 0 Å². The third-order valence-corrected chi connectivity index (χ3v) is 5.99. The third-order valence-electron chi connectivity index (χ3n) is 5.40. The molecule has 1 N–H and O–H groups in total. The van der Waals surface area contributed by atoms with Crippen LogP contribution in [-0.4, -0.2) is 29.9 Å². The average Bonchev–Trinajstić information content (AvgIpc) is 2.86. The van der Waals surface area contributed by atoms with Crippen LogP contribution in [0.4, 0.5) is 5.69 Å². The number of nitro groups is 1. The lowest BCUT2D eigenvalue weighted by molar-refractivity contribution is -0.384. The SMILES string of the molecule is COc1cc(/C=C\C(=O)c2c(-c3ccccc3)c3cc([N+](=O)[O-])ccc3[nH]c2=O)cc(Br)c1OC. The van der Waals surface area contributed by atoms with Gasteiger partial charge in [-0.1, -0.05) is 36.4 Å². The minimum absolute atomic E-state index is 0.111. The van der Waals surface area contributed by atoms with Gasteiger partial charge in [0.15, 0.2) is 17.3 Å². The molecule has 4 aromatic rings. The number of hydrogen-bond donors (Lipinski definition) is 1. The van der Waals surface area contributed by atoms with Gasteiger partial charge in [0.05, 0.1) is 29.2 Å². The first-order valence-corrected chi connectivity index (χ1v) is 11.2. The zero-order valence-corrected chi connectivity index (χ0v) is 20.3. The molecule has 8 nitrogen and oxygen atoms in total. The fourth-order valence-corrected chi connectivity index (χ4v) is 4.45. The van der Waals surface area contributed by atoms with Gasteiger partial charge in [0.25, 0.3) is 11.2 Å². The van der Waals surface area contributed by atoms with Crippen LogP contribution in [0.1, 0.15) is 15.9 Å². The molecule has 0 amide bonds. The number of benzene rings is 3. The van der Waals surface area contributed by atoms with Crippen molar-refractivity contribution >= 4 is 44.4 Å². The van der Waals surface area contributed by atoms with Crippen molar-refractivity contribution in [1.29, 1.82) is 0 Å². The maximum Gasteiger partial charge on any atom is 0.270 e. The van der Waals surface area contributed by atoms with Crippen molar-refractivity contribution < 1.29 is 19.2 Å². The van der Waals surface area contributed by atoms with Crippen LogP contribution in [0.15, 0.2) is 76.0 Å². The van der Waals surface area contributed by atoms with E-state index in [4.69, 9.17) is 9.47 Å². The number of pyridine rings is 1. The van der Waals surface area contributed by atoms with Gasteiger partial charge in [-0.15, -0.1) is 0 Å². The molecule has 0 saturated carbocycles. The van der Waals surface area contributed by atoms with Crippen LogP contribution >= 0.6 is 15.9 Å². The van der Waals surface area contributed by atoms with E-state index in [1.54, 1.807) is 48.5 Å². The van der Waals surface area contributed by atoms with Gasteiger partial charge in [0.2, 0.25) is 0 Å². The summed E-state index contributed by atoms with van der Waals surface area (Å²) in [5.74, 6) is 0.425. The van der Waals surface area contributed by atoms with Crippen molar-refractivity contribution in [2.24, 2.45) is 0 Å². The number of allylic oxidation sites excluding steroid dienone is 1. The molecule has 1 heterocycles. The predicted molar refractivity (Wildman–Crippen MR) is 137 cm³/mol. The van der Waals surface area contributed by atoms with Crippen molar-refractivity contribution in [3.63, 3.8) is 0 Å². The zero-order valence-electron chi connectivity index (χ0n) is 18.7. The maximum absolute atomic E-state index is 13.3. The van der Waals surface area contributed by atoms with E-state index in [0.717, 1.165) is 0 Å². The normalized spacial score (nSPS) is 11.1. The van der Waals surface area contributed by atoms with E-state index in [2.05, 4.69) is 20.9 Å². The van der Waals surface area contributed by atoms with E-state index in [0.29, 0.717) is 43.6 Å². The second-order valence-electron chi connectivity index (χ2n) is 7.49. The fourth-order valence-electron chi connectivity index (χ4n) is 3.82. The highest BCUT2D eigenvalue weighted by Gasteiger charge is 2.21. The molecule has 0 saturated heterocycles. The Labute approximate surface area is 208 Å². The number of aromatic nitrogens is 1. The van der Waals surface area contributed by atoms with Crippen molar-refractivity contribution in [1.82, 2.24) is 4.98 Å². The Hall–Kier alpha value is -4.24. The van der Waals surface area contributed by atoms with Crippen LogP contribution in [0.2, 0.25) is 0 Å². The number of non-ortho nitro benzene ring substituents is 1. The summed E-state index contributed by atoms with van der Waals surface area (Å²) in [4.78, 5) is 40.0. The first-order valence-electron chi connectivity index (χ1n) is 10.4. The summed E-state index contributed by atoms with van der Waals surface area (Å²) in [6.07, 6.45) is 2.84. The van der Waals surface area contributed by atoms with Crippen LogP contribution in [0.25, 0.3) is 28.1 Å². The zero-order chi connectivity index (χ0) is 25.1. The smallest absolute Gasteiger partial charge is 0.270 e. The summed E-state index contributed by atoms with van der Waals surface area (Å²) in [6.45, 7) is 0. The van der Waals surface area contributed by atoms with Crippen molar-refractivity contribution in [3.05, 3.63) is 103 Å². The number of rotatable bonds is 7. The number of nitrogens with one attached hydrogen (secondary N) is 1. The Morgan fingerprint density at radius 1 is 1.06 bits per heavy atom. The molecule has 0 aliphatic heterocycles. The number of carbonyl (C=O) groups is 1. The highest BCUT2D eigenvalue weighted by molar-refractivity contribution is 9.10. The third kappa shape index (κ3) is 4.71. The highest BCUT2D eigenvalue weighted by atomic mass is 79.9. The van der Waals surface area contributed by atoms with Crippen molar-refractivity contribution in [2.75, 3.05) is 14.2 Å². The van der Waals surface area contributed by atoms with Crippen molar-refractivity contribution in [3.8, 4) is 22.6 Å². The second-order valence-corrected chi connectivity index (χ2v) is 8.35. The average molecular weight is 535 g/mol. The number of halogens is 1. The molecule has 9 heteroatoms. The van der Waals surface area contributed by atoms with Gasteiger partial charge in [-0.3, -0.25) is 19.7 Å². The summed E-state index contributed by atoms with van der Waals surface area (Å²) >= 11 is 3.42. The molecule has 0 atom stereocenters. The Bertz CT molecular complexity index is 1540. The van der Waals surface area contributed by atoms with Crippen LogP contribution in [-0.2, 0) is 0 Å². The molecule has 0 bridgehead atoms. The lowest BCUT2D eigenvalue weighted by Gasteiger charge is -2.12. The number of fused-ring (bicyclic) bond motifs is 1. The number of aromatic amines is 1. The largest absolute Gasteiger partial charge is 0.493 e. The molecule has 0 fully saturated rings. The van der Waals surface area contributed by atoms with Gasteiger partial charge < -0.3 is 14.5 Å². The first kappa shape index (κ1) is 23.9. The molecule has 35 heavy (non-hydrogen) atoms. The van der Waals surface area contributed by atoms with Crippen molar-refractivity contribution in [2.45, 2.75) is 0 Å². The number of ether oxygens (including phenoxy) is 2. The number of H-pyrrole nitrogens is 1. The van der Waals surface area contributed by atoms with E-state index in [1.807, 2.05) is 0 Å². The Balaban J connectivity index is 1.89. The lowest BCUT2D eigenvalue weighted by atomic mass is 9.93. The molecular formula is C26H19BrN2O6. The van der Waals surface area contributed by atoms with E-state index in [1.165, 1.54) is 38.5 Å². The summed E-state index contributed by atoms with van der Waals surface area (Å²) in [5, 5.41) is 11.8. The minimum atomic E-state index is -0.589. The van der Waals surface area contributed by atoms with E-state index in [-0.39, 0.29) is 11.3 Å². The Kier molecular flexibility index (Phi) is 6.79. The number of carbonyl (C=O) groups excluding carboxylic acids is 1. The molecule has 0 aliphatic rings. The highest BCUT2D eigenvalue weighted by Crippen LogP contribution is 2.37. The fraction of sp³-hybridized carbons (Fsp3) is 0.0769. The van der Waals surface area contributed by atoms with Gasteiger partial charge in [-0.25, -0.2) is 0 Å². The van der Waals surface area contributed by atoms with Gasteiger partial charge in [0, 0.05) is 28.6 Å². The van der Waals surface area contributed by atoms with Gasteiger partial charge in [-0.2, -0.15) is 0 Å². The number of ketones is 1. The molecule has 0 spiro atoms. The topological polar surface area (TPSA) is 112 Å². The summed E-state index contributed by atoms with van der Waals surface area (Å²) < 4.78 is 11.3. The van der Waals surface area contributed by atoms with Crippen LogP contribution in [0.3, 0.4) is 0 Å². The first-order chi connectivity index (χ1) is 16.8. The molecular weight excluding hydrogens is 516 g/mol. The van der Waals surface area contributed by atoms with E-state index in [9.17, 15) is 19.7 Å². The summed E-state index contributed by atoms with van der Waals surface area (Å²) in [5.41, 5.74) is 1.10. The number of methoxy groups -OCH3 is 2. The van der Waals surface area contributed by atoms with Gasteiger partial charge >= 0.3 is 0 Å². The number of nitro benzene ring substituents is 1. The van der Waals surface area contributed by atoms with Crippen LogP contribution in [0.5, 0.6) is 11.5 Å². The quantitative estimate of drug-likeness (QED) is 0.139. The molecule has 1 aromatic heterocycles. The minimum Gasteiger partial charge on any atom is -0.493 e.